The van der Waals surface area contributed by atoms with Crippen LogP contribution in [-0.4, -0.2) is 27.4 Å². The second kappa shape index (κ2) is 9.85. The molecule has 0 rings (SSSR count). The van der Waals surface area contributed by atoms with Gasteiger partial charge in [0, 0.05) is 6.61 Å². The highest BCUT2D eigenvalue weighted by molar-refractivity contribution is 7.89. The van der Waals surface area contributed by atoms with Crippen LogP contribution in [0.5, 0.6) is 0 Å². The molecule has 0 aromatic carbocycles. The van der Waals surface area contributed by atoms with Crippen molar-refractivity contribution in [2.24, 2.45) is 11.1 Å². The molecule has 0 heterocycles. The van der Waals surface area contributed by atoms with Crippen LogP contribution in [-0.2, 0) is 14.8 Å². The van der Waals surface area contributed by atoms with Gasteiger partial charge in [-0.2, -0.15) is 0 Å². The maximum Gasteiger partial charge on any atom is 0.209 e. The quantitative estimate of drug-likeness (QED) is 0.583. The van der Waals surface area contributed by atoms with E-state index in [1.165, 1.54) is 19.3 Å². The van der Waals surface area contributed by atoms with Crippen LogP contribution in [0.1, 0.15) is 52.4 Å². The summed E-state index contributed by atoms with van der Waals surface area (Å²) in [4.78, 5) is 0. The molecule has 2 N–H and O–H groups in total. The van der Waals surface area contributed by atoms with E-state index in [1.54, 1.807) is 0 Å². The second-order valence-electron chi connectivity index (χ2n) is 4.62. The van der Waals surface area contributed by atoms with Gasteiger partial charge in [-0.15, -0.1) is 0 Å². The topological polar surface area (TPSA) is 69.4 Å². The van der Waals surface area contributed by atoms with Crippen molar-refractivity contribution < 1.29 is 13.2 Å². The Morgan fingerprint density at radius 3 is 2.35 bits per heavy atom. The Kier molecular flexibility index (Phi) is 9.78. The monoisotopic (exact) mass is 265 g/mol. The molecule has 1 atom stereocenters. The summed E-state index contributed by atoms with van der Waals surface area (Å²) in [6.07, 6.45) is 6.50. The summed E-state index contributed by atoms with van der Waals surface area (Å²) >= 11 is 0. The van der Waals surface area contributed by atoms with Crippen LogP contribution in [0.3, 0.4) is 0 Å². The van der Waals surface area contributed by atoms with E-state index in [0.29, 0.717) is 6.61 Å². The molecule has 0 radical (unpaired) electrons. The van der Waals surface area contributed by atoms with Crippen molar-refractivity contribution in [1.29, 1.82) is 0 Å². The van der Waals surface area contributed by atoms with Crippen molar-refractivity contribution in [2.45, 2.75) is 52.4 Å². The van der Waals surface area contributed by atoms with E-state index < -0.39 is 10.0 Å². The van der Waals surface area contributed by atoms with E-state index in [9.17, 15) is 8.42 Å². The molecule has 0 saturated heterocycles. The standard InChI is InChI=1S/C12H27NO3S/c1-3-5-6-7-9-16-10-12(8-4-2)11-17(13,14)15/h12H,3-11H2,1-2H3,(H2,13,14,15). The number of ether oxygens (including phenoxy) is 1. The van der Waals surface area contributed by atoms with Gasteiger partial charge < -0.3 is 4.74 Å². The Labute approximate surface area is 106 Å². The van der Waals surface area contributed by atoms with Crippen LogP contribution in [0.15, 0.2) is 0 Å². The Balaban J connectivity index is 3.70. The maximum atomic E-state index is 11.0. The largest absolute Gasteiger partial charge is 0.381 e. The molecule has 0 aliphatic carbocycles. The highest BCUT2D eigenvalue weighted by Crippen LogP contribution is 2.09. The lowest BCUT2D eigenvalue weighted by Gasteiger charge is -2.15. The summed E-state index contributed by atoms with van der Waals surface area (Å²) in [7, 11) is -3.38. The number of hydrogen-bond donors (Lipinski definition) is 1. The highest BCUT2D eigenvalue weighted by Gasteiger charge is 2.15. The SMILES string of the molecule is CCCCCCOCC(CCC)CS(N)(=O)=O. The number of sulfonamides is 1. The summed E-state index contributed by atoms with van der Waals surface area (Å²) in [5.74, 6) is 0.0803. The Bertz CT molecular complexity index is 265. The van der Waals surface area contributed by atoms with Gasteiger partial charge in [0.2, 0.25) is 10.0 Å². The van der Waals surface area contributed by atoms with E-state index in [1.807, 2.05) is 6.92 Å². The average molecular weight is 265 g/mol. The van der Waals surface area contributed by atoms with Crippen LogP contribution in [0, 0.1) is 5.92 Å². The second-order valence-corrected chi connectivity index (χ2v) is 6.28. The predicted octanol–water partition coefficient (Wildman–Crippen LogP) is 2.29. The summed E-state index contributed by atoms with van der Waals surface area (Å²) in [6.45, 7) is 5.45. The van der Waals surface area contributed by atoms with Crippen molar-refractivity contribution in [2.75, 3.05) is 19.0 Å². The molecule has 5 heteroatoms. The van der Waals surface area contributed by atoms with Crippen LogP contribution in [0.2, 0.25) is 0 Å². The Morgan fingerprint density at radius 2 is 1.82 bits per heavy atom. The van der Waals surface area contributed by atoms with Crippen molar-refractivity contribution in [1.82, 2.24) is 0 Å². The molecule has 17 heavy (non-hydrogen) atoms. The summed E-state index contributed by atoms with van der Waals surface area (Å²) in [6, 6.07) is 0. The molecule has 104 valence electrons. The minimum Gasteiger partial charge on any atom is -0.381 e. The number of nitrogens with two attached hydrogens (primary N) is 1. The fourth-order valence-electron chi connectivity index (χ4n) is 1.83. The zero-order valence-corrected chi connectivity index (χ0v) is 12.0. The van der Waals surface area contributed by atoms with Gasteiger partial charge in [-0.1, -0.05) is 39.5 Å². The van der Waals surface area contributed by atoms with Crippen LogP contribution in [0.4, 0.5) is 0 Å². The molecule has 1 unspecified atom stereocenters. The van der Waals surface area contributed by atoms with Crippen molar-refractivity contribution >= 4 is 10.0 Å². The lowest BCUT2D eigenvalue weighted by Crippen LogP contribution is -2.26. The molecule has 0 saturated carbocycles. The minimum absolute atomic E-state index is 0.0375. The molecule has 0 amide bonds. The average Bonchev–Trinajstić information content (AvgIpc) is 2.21. The summed E-state index contributed by atoms with van der Waals surface area (Å²) in [5.41, 5.74) is 0. The molecule has 0 aromatic rings. The van der Waals surface area contributed by atoms with Crippen molar-refractivity contribution in [3.63, 3.8) is 0 Å². The fourth-order valence-corrected chi connectivity index (χ4v) is 2.75. The third-order valence-corrected chi connectivity index (χ3v) is 3.60. The van der Waals surface area contributed by atoms with Gasteiger partial charge in [0.15, 0.2) is 0 Å². The van der Waals surface area contributed by atoms with Crippen LogP contribution >= 0.6 is 0 Å². The first-order chi connectivity index (χ1) is 7.99. The molecule has 0 aliphatic rings. The lowest BCUT2D eigenvalue weighted by molar-refractivity contribution is 0.0992. The zero-order chi connectivity index (χ0) is 13.1. The number of primary sulfonamides is 1. The number of hydrogen-bond acceptors (Lipinski definition) is 3. The molecular weight excluding hydrogens is 238 g/mol. The number of unbranched alkanes of at least 4 members (excludes halogenated alkanes) is 3. The zero-order valence-electron chi connectivity index (χ0n) is 11.2. The Hall–Kier alpha value is -0.130. The van der Waals surface area contributed by atoms with Gasteiger partial charge in [0.25, 0.3) is 0 Å². The van der Waals surface area contributed by atoms with Gasteiger partial charge in [-0.25, -0.2) is 13.6 Å². The van der Waals surface area contributed by atoms with E-state index >= 15 is 0 Å². The molecule has 0 aliphatic heterocycles. The third-order valence-electron chi connectivity index (χ3n) is 2.66. The van der Waals surface area contributed by atoms with Crippen molar-refractivity contribution in [3.05, 3.63) is 0 Å². The van der Waals surface area contributed by atoms with E-state index in [-0.39, 0.29) is 11.7 Å². The first-order valence-electron chi connectivity index (χ1n) is 6.57. The van der Waals surface area contributed by atoms with Gasteiger partial charge >= 0.3 is 0 Å². The first kappa shape index (κ1) is 16.9. The lowest BCUT2D eigenvalue weighted by atomic mass is 10.1. The minimum atomic E-state index is -3.38. The third kappa shape index (κ3) is 12.1. The molecule has 0 spiro atoms. The van der Waals surface area contributed by atoms with Crippen LogP contribution in [0.25, 0.3) is 0 Å². The van der Waals surface area contributed by atoms with Gasteiger partial charge in [-0.05, 0) is 18.8 Å². The fraction of sp³-hybridized carbons (Fsp3) is 1.00. The summed E-state index contributed by atoms with van der Waals surface area (Å²) in [5, 5.41) is 5.05. The molecule has 0 bridgehead atoms. The van der Waals surface area contributed by atoms with Gasteiger partial charge in [0.05, 0.1) is 12.4 Å². The normalized spacial score (nSPS) is 13.8. The highest BCUT2D eigenvalue weighted by atomic mass is 32.2. The summed E-state index contributed by atoms with van der Waals surface area (Å²) < 4.78 is 27.5. The molecular formula is C12H27NO3S. The smallest absolute Gasteiger partial charge is 0.209 e. The van der Waals surface area contributed by atoms with Gasteiger partial charge in [-0.3, -0.25) is 0 Å². The first-order valence-corrected chi connectivity index (χ1v) is 8.29. The predicted molar refractivity (Wildman–Crippen MR) is 71.3 cm³/mol. The number of rotatable bonds is 11. The van der Waals surface area contributed by atoms with E-state index in [0.717, 1.165) is 25.9 Å². The maximum absolute atomic E-state index is 11.0. The van der Waals surface area contributed by atoms with E-state index in [2.05, 4.69) is 6.92 Å². The molecule has 0 aromatic heterocycles. The molecule has 4 nitrogen and oxygen atoms in total. The van der Waals surface area contributed by atoms with Crippen LogP contribution < -0.4 is 5.14 Å². The van der Waals surface area contributed by atoms with E-state index in [4.69, 9.17) is 9.88 Å². The molecule has 0 fully saturated rings. The Morgan fingerprint density at radius 1 is 1.12 bits per heavy atom. The van der Waals surface area contributed by atoms with Gasteiger partial charge in [0.1, 0.15) is 0 Å². The van der Waals surface area contributed by atoms with Crippen molar-refractivity contribution in [3.8, 4) is 0 Å².